The van der Waals surface area contributed by atoms with Crippen molar-refractivity contribution in [3.8, 4) is 0 Å². The van der Waals surface area contributed by atoms with Crippen molar-refractivity contribution in [2.45, 2.75) is 25.7 Å². The summed E-state index contributed by atoms with van der Waals surface area (Å²) in [6.07, 6.45) is 0.838. The summed E-state index contributed by atoms with van der Waals surface area (Å²) in [5.74, 6) is 0.142. The van der Waals surface area contributed by atoms with Crippen molar-refractivity contribution in [3.05, 3.63) is 34.3 Å². The molecule has 19 heavy (non-hydrogen) atoms. The molecule has 1 fully saturated rings. The molecular formula is C15H20BrNO2. The van der Waals surface area contributed by atoms with Gasteiger partial charge in [0.25, 0.3) is 0 Å². The summed E-state index contributed by atoms with van der Waals surface area (Å²) in [5.41, 5.74) is 1.15. The molecule has 1 amide bonds. The van der Waals surface area contributed by atoms with Gasteiger partial charge >= 0.3 is 0 Å². The van der Waals surface area contributed by atoms with Crippen LogP contribution >= 0.6 is 15.9 Å². The van der Waals surface area contributed by atoms with Crippen LogP contribution in [-0.2, 0) is 14.9 Å². The number of carbonyl (C=O) groups excluding carboxylic acids is 1. The standard InChI is InChI=1S/C15H20BrNO2/c1-15(2,12-3-5-13(16)6-4-12)10-17-14(18)11-7-8-19-9-11/h3-6,11H,7-10H2,1-2H3,(H,17,18)/t11-/m1/s1. The second-order valence-electron chi connectivity index (χ2n) is 5.67. The van der Waals surface area contributed by atoms with Gasteiger partial charge in [0.2, 0.25) is 5.91 Å². The number of amides is 1. The Labute approximate surface area is 122 Å². The van der Waals surface area contributed by atoms with Gasteiger partial charge in [-0.05, 0) is 24.1 Å². The minimum Gasteiger partial charge on any atom is -0.381 e. The van der Waals surface area contributed by atoms with Crippen molar-refractivity contribution in [3.63, 3.8) is 0 Å². The molecule has 4 heteroatoms. The van der Waals surface area contributed by atoms with Gasteiger partial charge in [0.05, 0.1) is 12.5 Å². The second-order valence-corrected chi connectivity index (χ2v) is 6.58. The van der Waals surface area contributed by atoms with Crippen molar-refractivity contribution in [2.75, 3.05) is 19.8 Å². The number of benzene rings is 1. The molecule has 0 radical (unpaired) electrons. The summed E-state index contributed by atoms with van der Waals surface area (Å²) in [4.78, 5) is 12.0. The van der Waals surface area contributed by atoms with Crippen LogP contribution in [0.5, 0.6) is 0 Å². The molecule has 0 aromatic heterocycles. The first-order valence-electron chi connectivity index (χ1n) is 6.60. The number of ether oxygens (including phenoxy) is 1. The zero-order valence-electron chi connectivity index (χ0n) is 11.4. The first-order chi connectivity index (χ1) is 8.99. The average molecular weight is 326 g/mol. The van der Waals surface area contributed by atoms with Crippen LogP contribution < -0.4 is 5.32 Å². The molecule has 1 saturated heterocycles. The molecule has 0 unspecified atom stereocenters. The molecule has 0 bridgehead atoms. The predicted molar refractivity (Wildman–Crippen MR) is 79.1 cm³/mol. The fourth-order valence-electron chi connectivity index (χ4n) is 2.20. The lowest BCUT2D eigenvalue weighted by molar-refractivity contribution is -0.125. The van der Waals surface area contributed by atoms with Gasteiger partial charge < -0.3 is 10.1 Å². The first-order valence-corrected chi connectivity index (χ1v) is 7.40. The molecule has 0 spiro atoms. The van der Waals surface area contributed by atoms with E-state index in [0.717, 1.165) is 10.9 Å². The van der Waals surface area contributed by atoms with Crippen molar-refractivity contribution in [2.24, 2.45) is 5.92 Å². The van der Waals surface area contributed by atoms with Crippen LogP contribution in [0.4, 0.5) is 0 Å². The van der Waals surface area contributed by atoms with Crippen LogP contribution in [0.15, 0.2) is 28.7 Å². The Bertz CT molecular complexity index is 436. The third-order valence-corrected chi connectivity index (χ3v) is 4.16. The molecule has 0 saturated carbocycles. The monoisotopic (exact) mass is 325 g/mol. The SMILES string of the molecule is CC(C)(CNC(=O)[C@@H]1CCOC1)c1ccc(Br)cc1. The van der Waals surface area contributed by atoms with E-state index in [1.54, 1.807) is 0 Å². The molecular weight excluding hydrogens is 306 g/mol. The van der Waals surface area contributed by atoms with Gasteiger partial charge in [0.1, 0.15) is 0 Å². The largest absolute Gasteiger partial charge is 0.381 e. The molecule has 1 aliphatic rings. The van der Waals surface area contributed by atoms with Gasteiger partial charge in [-0.2, -0.15) is 0 Å². The Hall–Kier alpha value is -0.870. The van der Waals surface area contributed by atoms with Gasteiger partial charge in [-0.25, -0.2) is 0 Å². The first kappa shape index (κ1) is 14.5. The second kappa shape index (κ2) is 6.06. The third kappa shape index (κ3) is 3.80. The highest BCUT2D eigenvalue weighted by atomic mass is 79.9. The number of rotatable bonds is 4. The highest BCUT2D eigenvalue weighted by molar-refractivity contribution is 9.10. The minimum atomic E-state index is -0.0736. The zero-order valence-corrected chi connectivity index (χ0v) is 13.0. The van der Waals surface area contributed by atoms with E-state index in [0.29, 0.717) is 19.8 Å². The van der Waals surface area contributed by atoms with E-state index in [2.05, 4.69) is 47.2 Å². The maximum Gasteiger partial charge on any atom is 0.225 e. The minimum absolute atomic E-state index is 0.0284. The molecule has 3 nitrogen and oxygen atoms in total. The number of carbonyl (C=O) groups is 1. The van der Waals surface area contributed by atoms with Gasteiger partial charge in [-0.1, -0.05) is 41.9 Å². The fraction of sp³-hybridized carbons (Fsp3) is 0.533. The average Bonchev–Trinajstić information content (AvgIpc) is 2.90. The van der Waals surface area contributed by atoms with E-state index >= 15 is 0 Å². The van der Waals surface area contributed by atoms with E-state index in [-0.39, 0.29) is 17.2 Å². The summed E-state index contributed by atoms with van der Waals surface area (Å²) in [6, 6.07) is 8.25. The molecule has 1 aliphatic heterocycles. The summed E-state index contributed by atoms with van der Waals surface area (Å²) in [5, 5.41) is 3.05. The fourth-order valence-corrected chi connectivity index (χ4v) is 2.46. The predicted octanol–water partition coefficient (Wildman–Crippen LogP) is 2.88. The molecule has 1 N–H and O–H groups in total. The van der Waals surface area contributed by atoms with Crippen LogP contribution in [0.25, 0.3) is 0 Å². The van der Waals surface area contributed by atoms with E-state index < -0.39 is 0 Å². The van der Waals surface area contributed by atoms with Crippen molar-refractivity contribution >= 4 is 21.8 Å². The van der Waals surface area contributed by atoms with Crippen LogP contribution in [0.2, 0.25) is 0 Å². The summed E-state index contributed by atoms with van der Waals surface area (Å²) < 4.78 is 6.31. The van der Waals surface area contributed by atoms with Crippen LogP contribution in [0, 0.1) is 5.92 Å². The Kier molecular flexibility index (Phi) is 4.63. The smallest absolute Gasteiger partial charge is 0.225 e. The van der Waals surface area contributed by atoms with E-state index in [1.165, 1.54) is 5.56 Å². The van der Waals surface area contributed by atoms with Gasteiger partial charge in [0, 0.05) is 23.0 Å². The molecule has 1 atom stereocenters. The molecule has 104 valence electrons. The Morgan fingerprint density at radius 1 is 1.42 bits per heavy atom. The van der Waals surface area contributed by atoms with Crippen LogP contribution in [0.3, 0.4) is 0 Å². The van der Waals surface area contributed by atoms with Crippen molar-refractivity contribution in [1.29, 1.82) is 0 Å². The Balaban J connectivity index is 1.93. The van der Waals surface area contributed by atoms with Gasteiger partial charge in [0.15, 0.2) is 0 Å². The maximum absolute atomic E-state index is 12.0. The zero-order chi connectivity index (χ0) is 13.9. The molecule has 2 rings (SSSR count). The van der Waals surface area contributed by atoms with Crippen LogP contribution in [0.1, 0.15) is 25.8 Å². The Morgan fingerprint density at radius 3 is 2.68 bits per heavy atom. The topological polar surface area (TPSA) is 38.3 Å². The number of hydrogen-bond donors (Lipinski definition) is 1. The number of nitrogens with one attached hydrogen (secondary N) is 1. The molecule has 1 heterocycles. The highest BCUT2D eigenvalue weighted by Gasteiger charge is 2.26. The summed E-state index contributed by atoms with van der Waals surface area (Å²) in [6.45, 7) is 6.19. The lowest BCUT2D eigenvalue weighted by Gasteiger charge is -2.26. The quantitative estimate of drug-likeness (QED) is 0.924. The van der Waals surface area contributed by atoms with E-state index in [1.807, 2.05) is 12.1 Å². The number of hydrogen-bond acceptors (Lipinski definition) is 2. The maximum atomic E-state index is 12.0. The molecule has 0 aliphatic carbocycles. The van der Waals surface area contributed by atoms with Crippen molar-refractivity contribution in [1.82, 2.24) is 5.32 Å². The van der Waals surface area contributed by atoms with Gasteiger partial charge in [-0.3, -0.25) is 4.79 Å². The summed E-state index contributed by atoms with van der Waals surface area (Å²) >= 11 is 3.44. The number of halogens is 1. The summed E-state index contributed by atoms with van der Waals surface area (Å²) in [7, 11) is 0. The van der Waals surface area contributed by atoms with Gasteiger partial charge in [-0.15, -0.1) is 0 Å². The molecule has 1 aromatic rings. The third-order valence-electron chi connectivity index (χ3n) is 3.63. The Morgan fingerprint density at radius 2 is 2.11 bits per heavy atom. The highest BCUT2D eigenvalue weighted by Crippen LogP contribution is 2.24. The van der Waals surface area contributed by atoms with Crippen molar-refractivity contribution < 1.29 is 9.53 Å². The van der Waals surface area contributed by atoms with E-state index in [9.17, 15) is 4.79 Å². The van der Waals surface area contributed by atoms with Crippen LogP contribution in [-0.4, -0.2) is 25.7 Å². The lowest BCUT2D eigenvalue weighted by atomic mass is 9.84. The molecule has 1 aromatic carbocycles. The lowest BCUT2D eigenvalue weighted by Crippen LogP contribution is -2.39. The normalized spacial score (nSPS) is 19.4. The van der Waals surface area contributed by atoms with E-state index in [4.69, 9.17) is 4.74 Å².